The fourth-order valence-corrected chi connectivity index (χ4v) is 2.15. The summed E-state index contributed by atoms with van der Waals surface area (Å²) in [7, 11) is 0. The summed E-state index contributed by atoms with van der Waals surface area (Å²) in [6.07, 6.45) is 6.76. The van der Waals surface area contributed by atoms with Crippen LogP contribution in [0.4, 0.5) is 0 Å². The molecule has 0 saturated carbocycles. The third-order valence-corrected chi connectivity index (χ3v) is 3.22. The van der Waals surface area contributed by atoms with Gasteiger partial charge in [0.05, 0.1) is 0 Å². The SMILES string of the molecule is CCCC(CCC)C(=O)[O-].CCCC(CCC)C(=O)[O-].[Li+].[Li+]. The molecule has 0 atom stereocenters. The van der Waals surface area contributed by atoms with Crippen molar-refractivity contribution in [1.82, 2.24) is 0 Å². The topological polar surface area (TPSA) is 80.3 Å². The molecule has 0 aliphatic carbocycles. The molecule has 0 radical (unpaired) electrons. The standard InChI is InChI=1S/2C8H16O2.2Li/c2*1-3-5-7(6-4-2)8(9)10;;/h2*7H,3-6H2,1-2H3,(H,9,10);;/q;;2*+1/p-2. The van der Waals surface area contributed by atoms with E-state index in [1.165, 1.54) is 0 Å². The molecule has 4 nitrogen and oxygen atoms in total. The molecule has 0 aromatic carbocycles. The predicted octanol–water partition coefficient (Wildman–Crippen LogP) is -4.09. The van der Waals surface area contributed by atoms with E-state index in [9.17, 15) is 19.8 Å². The van der Waals surface area contributed by atoms with Gasteiger partial charge in [-0.3, -0.25) is 0 Å². The van der Waals surface area contributed by atoms with Crippen LogP contribution in [0.5, 0.6) is 0 Å². The smallest absolute Gasteiger partial charge is 0.550 e. The molecule has 0 fully saturated rings. The van der Waals surface area contributed by atoms with E-state index >= 15 is 0 Å². The first-order valence-electron chi connectivity index (χ1n) is 7.86. The third-order valence-electron chi connectivity index (χ3n) is 3.22. The molecule has 0 spiro atoms. The van der Waals surface area contributed by atoms with Crippen LogP contribution in [0.2, 0.25) is 0 Å². The number of hydrogen-bond donors (Lipinski definition) is 0. The third kappa shape index (κ3) is 18.2. The van der Waals surface area contributed by atoms with Gasteiger partial charge in [-0.05, 0) is 37.5 Å². The van der Waals surface area contributed by atoms with Crippen LogP contribution in [0, 0.1) is 11.8 Å². The Morgan fingerprint density at radius 1 is 0.636 bits per heavy atom. The van der Waals surface area contributed by atoms with Crippen molar-refractivity contribution >= 4 is 11.9 Å². The Balaban J connectivity index is -0.000000135. The first-order valence-corrected chi connectivity index (χ1v) is 7.86. The van der Waals surface area contributed by atoms with Gasteiger partial charge in [-0.25, -0.2) is 0 Å². The van der Waals surface area contributed by atoms with Gasteiger partial charge in [-0.1, -0.05) is 53.4 Å². The molecule has 0 aliphatic rings. The maximum Gasteiger partial charge on any atom is 1.00 e. The molecule has 0 rings (SSSR count). The van der Waals surface area contributed by atoms with E-state index in [1.54, 1.807) is 0 Å². The number of hydrogen-bond acceptors (Lipinski definition) is 4. The second-order valence-corrected chi connectivity index (χ2v) is 5.19. The minimum absolute atomic E-state index is 0. The van der Waals surface area contributed by atoms with Crippen molar-refractivity contribution in [2.24, 2.45) is 11.8 Å². The quantitative estimate of drug-likeness (QED) is 0.384. The first-order chi connectivity index (χ1) is 9.44. The molecule has 120 valence electrons. The zero-order chi connectivity index (χ0) is 16.0. The zero-order valence-corrected chi connectivity index (χ0v) is 15.4. The van der Waals surface area contributed by atoms with E-state index in [4.69, 9.17) is 0 Å². The Bertz CT molecular complexity index is 223. The molecule has 0 unspecified atom stereocenters. The van der Waals surface area contributed by atoms with E-state index in [0.29, 0.717) is 0 Å². The molecule has 0 amide bonds. The van der Waals surface area contributed by atoms with Gasteiger partial charge in [0, 0.05) is 11.9 Å². The van der Waals surface area contributed by atoms with Gasteiger partial charge in [0.1, 0.15) is 0 Å². The van der Waals surface area contributed by atoms with Crippen LogP contribution < -0.4 is 47.9 Å². The Labute approximate surface area is 160 Å². The summed E-state index contributed by atoms with van der Waals surface area (Å²) in [5.74, 6) is -2.20. The monoisotopic (exact) mass is 300 g/mol. The van der Waals surface area contributed by atoms with E-state index in [-0.39, 0.29) is 49.6 Å². The fraction of sp³-hybridized carbons (Fsp3) is 0.875. The number of carbonyl (C=O) groups is 2. The number of carboxylic acid groups (broad SMARTS) is 2. The summed E-state index contributed by atoms with van der Waals surface area (Å²) in [6.45, 7) is 7.97. The maximum atomic E-state index is 10.4. The molecule has 0 saturated heterocycles. The molecule has 22 heavy (non-hydrogen) atoms. The summed E-state index contributed by atoms with van der Waals surface area (Å²) in [4.78, 5) is 20.7. The fourth-order valence-electron chi connectivity index (χ4n) is 2.15. The van der Waals surface area contributed by atoms with Crippen LogP contribution in [0.3, 0.4) is 0 Å². The van der Waals surface area contributed by atoms with Crippen molar-refractivity contribution in [2.75, 3.05) is 0 Å². The van der Waals surface area contributed by atoms with E-state index in [1.807, 2.05) is 27.7 Å². The number of carboxylic acids is 2. The largest absolute Gasteiger partial charge is 1.00 e. The van der Waals surface area contributed by atoms with Crippen LogP contribution in [0.1, 0.15) is 79.1 Å². The number of aliphatic carboxylic acids is 2. The summed E-state index contributed by atoms with van der Waals surface area (Å²) in [6, 6.07) is 0. The second kappa shape index (κ2) is 21.1. The van der Waals surface area contributed by atoms with Crippen LogP contribution >= 0.6 is 0 Å². The summed E-state index contributed by atoms with van der Waals surface area (Å²) < 4.78 is 0. The van der Waals surface area contributed by atoms with E-state index in [2.05, 4.69) is 0 Å². The van der Waals surface area contributed by atoms with Gasteiger partial charge in [-0.15, -0.1) is 0 Å². The molecule has 6 heteroatoms. The minimum atomic E-state index is -0.885. The van der Waals surface area contributed by atoms with Crippen molar-refractivity contribution in [3.05, 3.63) is 0 Å². The number of rotatable bonds is 10. The molecule has 0 aliphatic heterocycles. The van der Waals surface area contributed by atoms with Crippen LogP contribution in [0.15, 0.2) is 0 Å². The molecule has 0 heterocycles. The minimum Gasteiger partial charge on any atom is -0.550 e. The summed E-state index contributed by atoms with van der Waals surface area (Å²) in [5, 5.41) is 20.7. The van der Waals surface area contributed by atoms with Crippen molar-refractivity contribution in [2.45, 2.75) is 79.1 Å². The van der Waals surface area contributed by atoms with Crippen molar-refractivity contribution in [3.63, 3.8) is 0 Å². The van der Waals surface area contributed by atoms with Crippen molar-refractivity contribution in [3.8, 4) is 0 Å². The van der Waals surface area contributed by atoms with Gasteiger partial charge >= 0.3 is 37.7 Å². The van der Waals surface area contributed by atoms with Gasteiger partial charge < -0.3 is 19.8 Å². The predicted molar refractivity (Wildman–Crippen MR) is 76.6 cm³/mol. The molecular formula is C16H30Li2O4. The van der Waals surface area contributed by atoms with E-state index in [0.717, 1.165) is 51.4 Å². The van der Waals surface area contributed by atoms with Crippen molar-refractivity contribution in [1.29, 1.82) is 0 Å². The Hall–Kier alpha value is 0.135. The van der Waals surface area contributed by atoms with Gasteiger partial charge in [0.15, 0.2) is 0 Å². The second-order valence-electron chi connectivity index (χ2n) is 5.19. The Kier molecular flexibility index (Phi) is 28.9. The summed E-state index contributed by atoms with van der Waals surface area (Å²) in [5.41, 5.74) is 0. The molecule has 0 aromatic rings. The number of carbonyl (C=O) groups excluding carboxylic acids is 2. The van der Waals surface area contributed by atoms with Gasteiger partial charge in [0.2, 0.25) is 0 Å². The average molecular weight is 300 g/mol. The van der Waals surface area contributed by atoms with Crippen LogP contribution in [-0.4, -0.2) is 11.9 Å². The Morgan fingerprint density at radius 2 is 0.818 bits per heavy atom. The molecule has 0 aromatic heterocycles. The van der Waals surface area contributed by atoms with Crippen molar-refractivity contribution < 1.29 is 57.5 Å². The van der Waals surface area contributed by atoms with Gasteiger partial charge in [0.25, 0.3) is 0 Å². The average Bonchev–Trinajstić information content (AvgIpc) is 2.38. The maximum absolute atomic E-state index is 10.4. The zero-order valence-electron chi connectivity index (χ0n) is 15.4. The molecule has 0 N–H and O–H groups in total. The van der Waals surface area contributed by atoms with Crippen LogP contribution in [-0.2, 0) is 9.59 Å². The molecular weight excluding hydrogens is 270 g/mol. The molecule has 0 bridgehead atoms. The van der Waals surface area contributed by atoms with Crippen LogP contribution in [0.25, 0.3) is 0 Å². The normalized spacial score (nSPS) is 9.36. The Morgan fingerprint density at radius 3 is 0.909 bits per heavy atom. The first kappa shape index (κ1) is 30.1. The van der Waals surface area contributed by atoms with Gasteiger partial charge in [-0.2, -0.15) is 0 Å². The van der Waals surface area contributed by atoms with E-state index < -0.39 is 11.9 Å². The summed E-state index contributed by atoms with van der Waals surface area (Å²) >= 11 is 0.